The first-order valence-corrected chi connectivity index (χ1v) is 5.46. The van der Waals surface area contributed by atoms with Crippen LogP contribution in [0.4, 0.5) is 5.69 Å². The van der Waals surface area contributed by atoms with Crippen molar-refractivity contribution in [3.05, 3.63) is 18.2 Å². The molecule has 1 aromatic carbocycles. The van der Waals surface area contributed by atoms with Crippen molar-refractivity contribution in [2.75, 3.05) is 18.6 Å². The topological polar surface area (TPSA) is 52.9 Å². The number of nitrogens with zero attached hydrogens (tertiary/aromatic N) is 1. The van der Waals surface area contributed by atoms with Gasteiger partial charge in [0.15, 0.2) is 11.5 Å². The molecule has 1 aromatic rings. The maximum absolute atomic E-state index is 9.72. The number of aliphatic hydroxyl groups is 1. The molecular weight excluding hydrogens is 206 g/mol. The smallest absolute Gasteiger partial charge is 0.183 e. The van der Waals surface area contributed by atoms with Gasteiger partial charge in [0, 0.05) is 6.54 Å². The van der Waals surface area contributed by atoms with Crippen LogP contribution >= 0.6 is 0 Å². The molecule has 4 heteroatoms. The van der Waals surface area contributed by atoms with E-state index in [0.29, 0.717) is 5.75 Å². The van der Waals surface area contributed by atoms with E-state index >= 15 is 0 Å². The Morgan fingerprint density at radius 3 is 2.75 bits per heavy atom. The lowest BCUT2D eigenvalue weighted by atomic mass is 10.2. The van der Waals surface area contributed by atoms with Crippen LogP contribution in [-0.4, -0.2) is 36.0 Å². The Labute approximate surface area is 95.1 Å². The van der Waals surface area contributed by atoms with Crippen LogP contribution in [0.3, 0.4) is 0 Å². The van der Waals surface area contributed by atoms with Crippen LogP contribution in [-0.2, 0) is 0 Å². The van der Waals surface area contributed by atoms with Gasteiger partial charge in [-0.2, -0.15) is 0 Å². The number of para-hydroxylation sites is 1. The van der Waals surface area contributed by atoms with Gasteiger partial charge in [-0.1, -0.05) is 6.07 Å². The lowest BCUT2D eigenvalue weighted by molar-refractivity contribution is 0.170. The van der Waals surface area contributed by atoms with Gasteiger partial charge in [0.2, 0.25) is 0 Å². The minimum absolute atomic E-state index is 0.0516. The molecule has 2 rings (SSSR count). The van der Waals surface area contributed by atoms with Crippen molar-refractivity contribution in [2.45, 2.75) is 25.5 Å². The number of aromatic hydroxyl groups is 1. The van der Waals surface area contributed by atoms with Crippen molar-refractivity contribution in [3.63, 3.8) is 0 Å². The summed E-state index contributed by atoms with van der Waals surface area (Å²) in [7, 11) is 1.54. The lowest BCUT2D eigenvalue weighted by Crippen LogP contribution is -2.32. The molecule has 1 fully saturated rings. The van der Waals surface area contributed by atoms with E-state index in [1.54, 1.807) is 12.1 Å². The molecule has 2 N–H and O–H groups in total. The molecule has 2 atom stereocenters. The number of phenols is 1. The van der Waals surface area contributed by atoms with Gasteiger partial charge in [-0.25, -0.2) is 0 Å². The molecule has 4 nitrogen and oxygen atoms in total. The number of hydrogen-bond acceptors (Lipinski definition) is 4. The van der Waals surface area contributed by atoms with Gasteiger partial charge < -0.3 is 19.8 Å². The molecular formula is C12H17NO3. The molecule has 1 aliphatic heterocycles. The minimum atomic E-state index is -0.313. The van der Waals surface area contributed by atoms with E-state index in [2.05, 4.69) is 4.90 Å². The number of aliphatic hydroxyl groups excluding tert-OH is 1. The summed E-state index contributed by atoms with van der Waals surface area (Å²) in [5, 5.41) is 19.4. The van der Waals surface area contributed by atoms with E-state index < -0.39 is 0 Å². The van der Waals surface area contributed by atoms with Gasteiger partial charge in [-0.3, -0.25) is 0 Å². The highest BCUT2D eigenvalue weighted by molar-refractivity contribution is 5.65. The second-order valence-electron chi connectivity index (χ2n) is 4.12. The first-order chi connectivity index (χ1) is 7.65. The minimum Gasteiger partial charge on any atom is -0.504 e. The van der Waals surface area contributed by atoms with Crippen molar-refractivity contribution < 1.29 is 14.9 Å². The molecule has 0 radical (unpaired) electrons. The summed E-state index contributed by atoms with van der Waals surface area (Å²) < 4.78 is 5.20. The lowest BCUT2D eigenvalue weighted by Gasteiger charge is -2.26. The Hall–Kier alpha value is -1.42. The largest absolute Gasteiger partial charge is 0.504 e. The maximum Gasteiger partial charge on any atom is 0.183 e. The van der Waals surface area contributed by atoms with Crippen LogP contribution in [0.2, 0.25) is 0 Å². The fourth-order valence-electron chi connectivity index (χ4n) is 2.21. The van der Waals surface area contributed by atoms with E-state index in [4.69, 9.17) is 4.74 Å². The fourth-order valence-corrected chi connectivity index (χ4v) is 2.21. The monoisotopic (exact) mass is 223 g/mol. The third-order valence-corrected chi connectivity index (χ3v) is 3.20. The SMILES string of the molecule is COc1c(O)cccc1N1CCC(O)C1C. The molecule has 2 unspecified atom stereocenters. The molecule has 0 spiro atoms. The zero-order chi connectivity index (χ0) is 11.7. The average molecular weight is 223 g/mol. The number of hydrogen-bond donors (Lipinski definition) is 2. The van der Waals surface area contributed by atoms with E-state index in [-0.39, 0.29) is 17.9 Å². The number of anilines is 1. The van der Waals surface area contributed by atoms with Crippen molar-refractivity contribution >= 4 is 5.69 Å². The second kappa shape index (κ2) is 4.22. The van der Waals surface area contributed by atoms with E-state index in [1.807, 2.05) is 13.0 Å². The van der Waals surface area contributed by atoms with Gasteiger partial charge in [-0.15, -0.1) is 0 Å². The highest BCUT2D eigenvalue weighted by atomic mass is 16.5. The predicted molar refractivity (Wildman–Crippen MR) is 62.1 cm³/mol. The van der Waals surface area contributed by atoms with Crippen molar-refractivity contribution in [1.29, 1.82) is 0 Å². The number of ether oxygens (including phenoxy) is 1. The second-order valence-corrected chi connectivity index (χ2v) is 4.12. The van der Waals surface area contributed by atoms with Gasteiger partial charge >= 0.3 is 0 Å². The summed E-state index contributed by atoms with van der Waals surface area (Å²) in [6.45, 7) is 2.75. The van der Waals surface area contributed by atoms with Gasteiger partial charge in [0.1, 0.15) is 0 Å². The summed E-state index contributed by atoms with van der Waals surface area (Å²) in [5.74, 6) is 0.608. The van der Waals surface area contributed by atoms with E-state index in [9.17, 15) is 10.2 Å². The number of benzene rings is 1. The zero-order valence-corrected chi connectivity index (χ0v) is 9.55. The normalized spacial score (nSPS) is 24.8. The molecule has 1 saturated heterocycles. The Balaban J connectivity index is 2.37. The van der Waals surface area contributed by atoms with Crippen LogP contribution in [0, 0.1) is 0 Å². The molecule has 0 aromatic heterocycles. The van der Waals surface area contributed by atoms with Crippen molar-refractivity contribution in [3.8, 4) is 11.5 Å². The first kappa shape index (κ1) is 11.1. The van der Waals surface area contributed by atoms with Crippen LogP contribution < -0.4 is 9.64 Å². The van der Waals surface area contributed by atoms with Crippen LogP contribution in [0.5, 0.6) is 11.5 Å². The first-order valence-electron chi connectivity index (χ1n) is 5.46. The number of methoxy groups -OCH3 is 1. The highest BCUT2D eigenvalue weighted by Gasteiger charge is 2.31. The van der Waals surface area contributed by atoms with Gasteiger partial charge in [0.05, 0.1) is 24.9 Å². The van der Waals surface area contributed by atoms with Crippen LogP contribution in [0.15, 0.2) is 18.2 Å². The van der Waals surface area contributed by atoms with Gasteiger partial charge in [-0.05, 0) is 25.5 Å². The molecule has 0 aliphatic carbocycles. The Morgan fingerprint density at radius 1 is 1.44 bits per heavy atom. The van der Waals surface area contributed by atoms with Crippen molar-refractivity contribution in [2.24, 2.45) is 0 Å². The Morgan fingerprint density at radius 2 is 2.19 bits per heavy atom. The average Bonchev–Trinajstić information content (AvgIpc) is 2.59. The highest BCUT2D eigenvalue weighted by Crippen LogP contribution is 2.39. The maximum atomic E-state index is 9.72. The summed E-state index contributed by atoms with van der Waals surface area (Å²) in [6.07, 6.45) is 0.437. The van der Waals surface area contributed by atoms with Crippen molar-refractivity contribution in [1.82, 2.24) is 0 Å². The quantitative estimate of drug-likeness (QED) is 0.795. The van der Waals surface area contributed by atoms with E-state index in [0.717, 1.165) is 18.7 Å². The molecule has 0 amide bonds. The van der Waals surface area contributed by atoms with Crippen LogP contribution in [0.1, 0.15) is 13.3 Å². The Bertz CT molecular complexity index is 381. The van der Waals surface area contributed by atoms with E-state index in [1.165, 1.54) is 7.11 Å². The Kier molecular flexibility index (Phi) is 2.92. The number of phenolic OH excluding ortho intramolecular Hbond substituents is 1. The summed E-state index contributed by atoms with van der Waals surface area (Å²) in [4.78, 5) is 2.06. The predicted octanol–water partition coefficient (Wildman–Crippen LogP) is 1.36. The molecule has 16 heavy (non-hydrogen) atoms. The molecule has 88 valence electrons. The van der Waals surface area contributed by atoms with Crippen LogP contribution in [0.25, 0.3) is 0 Å². The summed E-state index contributed by atoms with van der Waals surface area (Å²) >= 11 is 0. The molecule has 0 bridgehead atoms. The molecule has 1 heterocycles. The summed E-state index contributed by atoms with van der Waals surface area (Å²) in [5.41, 5.74) is 0.839. The molecule has 1 aliphatic rings. The fraction of sp³-hybridized carbons (Fsp3) is 0.500. The molecule has 0 saturated carbocycles. The third-order valence-electron chi connectivity index (χ3n) is 3.20. The number of rotatable bonds is 2. The third kappa shape index (κ3) is 1.69. The summed E-state index contributed by atoms with van der Waals surface area (Å²) in [6, 6.07) is 5.33. The zero-order valence-electron chi connectivity index (χ0n) is 9.55. The standard InChI is InChI=1S/C12H17NO3/c1-8-10(14)6-7-13(8)9-4-3-5-11(15)12(9)16-2/h3-5,8,10,14-15H,6-7H2,1-2H3. The van der Waals surface area contributed by atoms with Gasteiger partial charge in [0.25, 0.3) is 0 Å².